The molecule has 1 saturated carbocycles. The predicted octanol–water partition coefficient (Wildman–Crippen LogP) is 1.51. The summed E-state index contributed by atoms with van der Waals surface area (Å²) < 4.78 is 0. The molecule has 1 saturated heterocycles. The number of hydrogen-bond acceptors (Lipinski definition) is 3. The van der Waals surface area contributed by atoms with Crippen molar-refractivity contribution in [3.05, 3.63) is 35.9 Å². The third-order valence-electron chi connectivity index (χ3n) is 4.18. The standard InChI is InChI=1S/C15H21N3O/c19-15(17-12-8-4-5-9-12)13-10-16-18-14(13)11-6-2-1-3-7-11/h1-3,6-7,12-14,16,18H,4-5,8-10H2,(H,17,19). The third-order valence-corrected chi connectivity index (χ3v) is 4.18. The molecule has 1 aliphatic heterocycles. The summed E-state index contributed by atoms with van der Waals surface area (Å²) in [6.45, 7) is 0.693. The van der Waals surface area contributed by atoms with Crippen molar-refractivity contribution < 1.29 is 4.79 Å². The summed E-state index contributed by atoms with van der Waals surface area (Å²) in [6.07, 6.45) is 4.76. The van der Waals surface area contributed by atoms with Crippen molar-refractivity contribution in [1.29, 1.82) is 0 Å². The zero-order valence-corrected chi connectivity index (χ0v) is 11.1. The van der Waals surface area contributed by atoms with Gasteiger partial charge in [-0.05, 0) is 18.4 Å². The van der Waals surface area contributed by atoms with Crippen molar-refractivity contribution in [3.63, 3.8) is 0 Å². The highest BCUT2D eigenvalue weighted by Crippen LogP contribution is 2.26. The molecular formula is C15H21N3O. The molecule has 0 bridgehead atoms. The van der Waals surface area contributed by atoms with Gasteiger partial charge in [0.2, 0.25) is 5.91 Å². The molecule has 2 fully saturated rings. The van der Waals surface area contributed by atoms with Crippen LogP contribution < -0.4 is 16.2 Å². The Hall–Kier alpha value is -1.39. The zero-order valence-electron chi connectivity index (χ0n) is 11.1. The molecule has 0 spiro atoms. The molecule has 1 aromatic carbocycles. The Bertz CT molecular complexity index is 428. The van der Waals surface area contributed by atoms with Gasteiger partial charge >= 0.3 is 0 Å². The molecule has 19 heavy (non-hydrogen) atoms. The molecule has 4 heteroatoms. The Morgan fingerprint density at radius 2 is 1.89 bits per heavy atom. The van der Waals surface area contributed by atoms with E-state index in [1.807, 2.05) is 18.2 Å². The number of benzene rings is 1. The molecule has 2 aliphatic rings. The van der Waals surface area contributed by atoms with Crippen LogP contribution in [0.2, 0.25) is 0 Å². The number of hydrazine groups is 1. The van der Waals surface area contributed by atoms with Crippen molar-refractivity contribution in [2.75, 3.05) is 6.54 Å². The molecule has 0 aromatic heterocycles. The van der Waals surface area contributed by atoms with E-state index in [4.69, 9.17) is 0 Å². The average molecular weight is 259 g/mol. The summed E-state index contributed by atoms with van der Waals surface area (Å²) in [6, 6.07) is 10.6. The summed E-state index contributed by atoms with van der Waals surface area (Å²) >= 11 is 0. The molecule has 2 unspecified atom stereocenters. The van der Waals surface area contributed by atoms with Crippen molar-refractivity contribution in [2.45, 2.75) is 37.8 Å². The normalized spacial score (nSPS) is 27.6. The number of carbonyl (C=O) groups is 1. The lowest BCUT2D eigenvalue weighted by atomic mass is 9.94. The lowest BCUT2D eigenvalue weighted by Crippen LogP contribution is -2.40. The van der Waals surface area contributed by atoms with E-state index in [9.17, 15) is 4.79 Å². The maximum Gasteiger partial charge on any atom is 0.226 e. The molecular weight excluding hydrogens is 238 g/mol. The lowest BCUT2D eigenvalue weighted by Gasteiger charge is -2.20. The van der Waals surface area contributed by atoms with Gasteiger partial charge < -0.3 is 5.32 Å². The van der Waals surface area contributed by atoms with Crippen molar-refractivity contribution in [2.24, 2.45) is 5.92 Å². The van der Waals surface area contributed by atoms with Crippen LogP contribution in [0, 0.1) is 5.92 Å². The number of rotatable bonds is 3. The minimum Gasteiger partial charge on any atom is -0.353 e. The van der Waals surface area contributed by atoms with Crippen LogP contribution in [0.4, 0.5) is 0 Å². The fourth-order valence-corrected chi connectivity index (χ4v) is 3.10. The van der Waals surface area contributed by atoms with Gasteiger partial charge in [0, 0.05) is 12.6 Å². The monoisotopic (exact) mass is 259 g/mol. The van der Waals surface area contributed by atoms with Gasteiger partial charge in [-0.15, -0.1) is 0 Å². The minimum absolute atomic E-state index is 0.0250. The molecule has 1 aliphatic carbocycles. The van der Waals surface area contributed by atoms with E-state index in [0.29, 0.717) is 12.6 Å². The number of amides is 1. The van der Waals surface area contributed by atoms with E-state index < -0.39 is 0 Å². The summed E-state index contributed by atoms with van der Waals surface area (Å²) in [4.78, 5) is 12.4. The summed E-state index contributed by atoms with van der Waals surface area (Å²) in [5.41, 5.74) is 7.50. The van der Waals surface area contributed by atoms with Crippen LogP contribution in [0.3, 0.4) is 0 Å². The molecule has 3 rings (SSSR count). The molecule has 2 atom stereocenters. The van der Waals surface area contributed by atoms with Gasteiger partial charge in [0.15, 0.2) is 0 Å². The molecule has 102 valence electrons. The van der Waals surface area contributed by atoms with Crippen molar-refractivity contribution >= 4 is 5.91 Å². The van der Waals surface area contributed by atoms with Gasteiger partial charge in [0.05, 0.1) is 12.0 Å². The van der Waals surface area contributed by atoms with E-state index in [1.165, 1.54) is 18.4 Å². The molecule has 1 heterocycles. The smallest absolute Gasteiger partial charge is 0.226 e. The topological polar surface area (TPSA) is 53.2 Å². The Balaban J connectivity index is 1.67. The SMILES string of the molecule is O=C(NC1CCCC1)C1CNNC1c1ccccc1. The summed E-state index contributed by atoms with van der Waals surface area (Å²) in [7, 11) is 0. The maximum atomic E-state index is 12.4. The van der Waals surface area contributed by atoms with Crippen LogP contribution in [0.1, 0.15) is 37.3 Å². The van der Waals surface area contributed by atoms with E-state index in [1.54, 1.807) is 0 Å². The van der Waals surface area contributed by atoms with Gasteiger partial charge in [-0.1, -0.05) is 43.2 Å². The molecule has 1 amide bonds. The Morgan fingerprint density at radius 3 is 2.63 bits per heavy atom. The molecule has 0 radical (unpaired) electrons. The highest BCUT2D eigenvalue weighted by molar-refractivity contribution is 5.80. The van der Waals surface area contributed by atoms with E-state index in [-0.39, 0.29) is 17.9 Å². The number of hydrogen-bond donors (Lipinski definition) is 3. The first-order valence-corrected chi connectivity index (χ1v) is 7.18. The fraction of sp³-hybridized carbons (Fsp3) is 0.533. The Kier molecular flexibility index (Phi) is 3.80. The van der Waals surface area contributed by atoms with Gasteiger partial charge in [-0.2, -0.15) is 0 Å². The van der Waals surface area contributed by atoms with Gasteiger partial charge in [0.25, 0.3) is 0 Å². The van der Waals surface area contributed by atoms with Crippen LogP contribution in [0.25, 0.3) is 0 Å². The Labute approximate surface area is 113 Å². The maximum absolute atomic E-state index is 12.4. The van der Waals surface area contributed by atoms with Gasteiger partial charge in [-0.25, -0.2) is 5.43 Å². The Morgan fingerprint density at radius 1 is 1.16 bits per heavy atom. The van der Waals surface area contributed by atoms with E-state index in [0.717, 1.165) is 12.8 Å². The van der Waals surface area contributed by atoms with Crippen LogP contribution in [0.5, 0.6) is 0 Å². The summed E-state index contributed by atoms with van der Waals surface area (Å²) in [5, 5.41) is 3.20. The lowest BCUT2D eigenvalue weighted by molar-refractivity contribution is -0.125. The van der Waals surface area contributed by atoms with Gasteiger partial charge in [0.1, 0.15) is 0 Å². The molecule has 4 nitrogen and oxygen atoms in total. The molecule has 1 aromatic rings. The second kappa shape index (κ2) is 5.72. The second-order valence-electron chi connectivity index (χ2n) is 5.51. The quantitative estimate of drug-likeness (QED) is 0.771. The third kappa shape index (κ3) is 2.80. The van der Waals surface area contributed by atoms with Crippen molar-refractivity contribution in [1.82, 2.24) is 16.2 Å². The highest BCUT2D eigenvalue weighted by atomic mass is 16.2. The van der Waals surface area contributed by atoms with Gasteiger partial charge in [-0.3, -0.25) is 10.2 Å². The van der Waals surface area contributed by atoms with Crippen molar-refractivity contribution in [3.8, 4) is 0 Å². The van der Waals surface area contributed by atoms with Crippen LogP contribution in [-0.4, -0.2) is 18.5 Å². The van der Waals surface area contributed by atoms with E-state index in [2.05, 4.69) is 28.3 Å². The number of nitrogens with one attached hydrogen (secondary N) is 3. The second-order valence-corrected chi connectivity index (χ2v) is 5.51. The summed E-state index contributed by atoms with van der Waals surface area (Å²) in [5.74, 6) is 0.154. The zero-order chi connectivity index (χ0) is 13.1. The highest BCUT2D eigenvalue weighted by Gasteiger charge is 2.34. The fourth-order valence-electron chi connectivity index (χ4n) is 3.10. The first-order chi connectivity index (χ1) is 9.34. The minimum atomic E-state index is -0.0250. The largest absolute Gasteiger partial charge is 0.353 e. The van der Waals surface area contributed by atoms with E-state index >= 15 is 0 Å². The average Bonchev–Trinajstić information content (AvgIpc) is 3.10. The first-order valence-electron chi connectivity index (χ1n) is 7.18. The van der Waals surface area contributed by atoms with Crippen LogP contribution in [0.15, 0.2) is 30.3 Å². The predicted molar refractivity (Wildman–Crippen MR) is 74.2 cm³/mol. The molecule has 3 N–H and O–H groups in total. The first kappa shape index (κ1) is 12.6. The van der Waals surface area contributed by atoms with Crippen LogP contribution in [-0.2, 0) is 4.79 Å². The number of carbonyl (C=O) groups excluding carboxylic acids is 1. The van der Waals surface area contributed by atoms with Crippen LogP contribution >= 0.6 is 0 Å².